The van der Waals surface area contributed by atoms with Crippen molar-refractivity contribution in [3.63, 3.8) is 0 Å². The van der Waals surface area contributed by atoms with E-state index in [9.17, 15) is 4.79 Å². The number of thiol groups is 1. The molecule has 0 saturated heterocycles. The van der Waals surface area contributed by atoms with Gasteiger partial charge in [-0.15, -0.1) is 24.0 Å². The Hall–Kier alpha value is -0.560. The summed E-state index contributed by atoms with van der Waals surface area (Å²) in [7, 11) is 0. The summed E-state index contributed by atoms with van der Waals surface area (Å²) in [5, 5.41) is 21.7. The Morgan fingerprint density at radius 3 is 2.64 bits per heavy atom. The molecule has 1 aromatic heterocycles. The molecule has 0 aliphatic carbocycles. The molecule has 78 valence electrons. The minimum Gasteiger partial charge on any atom is -0.394 e. The number of hydrogen-bond donors (Lipinski definition) is 4. The monoisotopic (exact) mass is 233 g/mol. The summed E-state index contributed by atoms with van der Waals surface area (Å²) >= 11 is 5.34. The number of hydrogen-bond acceptors (Lipinski definition) is 5. The molecule has 0 fully saturated rings. The van der Waals surface area contributed by atoms with E-state index in [0.717, 1.165) is 4.90 Å². The fourth-order valence-electron chi connectivity index (χ4n) is 0.851. The van der Waals surface area contributed by atoms with E-state index in [0.29, 0.717) is 4.88 Å². The molecule has 0 aromatic carbocycles. The average Bonchev–Trinajstić information content (AvgIpc) is 2.61. The molecule has 0 radical (unpaired) electrons. The lowest BCUT2D eigenvalue weighted by atomic mass is 10.3. The second kappa shape index (κ2) is 5.35. The quantitative estimate of drug-likeness (QED) is 0.558. The Morgan fingerprint density at radius 1 is 1.57 bits per heavy atom. The Morgan fingerprint density at radius 2 is 2.21 bits per heavy atom. The molecule has 0 unspecified atom stereocenters. The molecule has 1 rings (SSSR count). The third-order valence-electron chi connectivity index (χ3n) is 1.59. The van der Waals surface area contributed by atoms with Gasteiger partial charge in [-0.3, -0.25) is 4.79 Å². The number of rotatable bonds is 4. The molecular formula is C8H11NO3S2. The molecule has 1 heterocycles. The summed E-state index contributed by atoms with van der Waals surface area (Å²) in [6.45, 7) is -0.553. The van der Waals surface area contributed by atoms with E-state index in [1.165, 1.54) is 11.3 Å². The summed E-state index contributed by atoms with van der Waals surface area (Å²) in [6, 6.07) is 1.03. The lowest BCUT2D eigenvalue weighted by Crippen LogP contribution is -2.39. The summed E-state index contributed by atoms with van der Waals surface area (Å²) < 4.78 is 0. The van der Waals surface area contributed by atoms with Gasteiger partial charge in [0.2, 0.25) is 0 Å². The van der Waals surface area contributed by atoms with Crippen molar-refractivity contribution in [1.29, 1.82) is 0 Å². The Kier molecular flexibility index (Phi) is 4.40. The number of aliphatic hydroxyl groups is 2. The molecule has 0 spiro atoms. The molecule has 0 bridgehead atoms. The standard InChI is InChI=1S/C8H11NO3S2/c10-2-5(3-11)9-8(12)7-1-6(13)4-14-7/h1,4-5,10-11,13H,2-3H2,(H,9,12). The molecule has 14 heavy (non-hydrogen) atoms. The van der Waals surface area contributed by atoms with Gasteiger partial charge in [0, 0.05) is 10.3 Å². The van der Waals surface area contributed by atoms with Gasteiger partial charge in [0.05, 0.1) is 24.1 Å². The first-order valence-corrected chi connectivity index (χ1v) is 5.30. The van der Waals surface area contributed by atoms with Gasteiger partial charge < -0.3 is 15.5 Å². The highest BCUT2D eigenvalue weighted by molar-refractivity contribution is 7.80. The Balaban J connectivity index is 2.58. The van der Waals surface area contributed by atoms with E-state index >= 15 is 0 Å². The van der Waals surface area contributed by atoms with Crippen molar-refractivity contribution >= 4 is 29.9 Å². The summed E-state index contributed by atoms with van der Waals surface area (Å²) in [4.78, 5) is 12.7. The Labute approximate surface area is 91.0 Å². The third kappa shape index (κ3) is 2.98. The van der Waals surface area contributed by atoms with Crippen molar-refractivity contribution in [3.8, 4) is 0 Å². The lowest BCUT2D eigenvalue weighted by molar-refractivity contribution is 0.0883. The van der Waals surface area contributed by atoms with Crippen molar-refractivity contribution in [3.05, 3.63) is 16.3 Å². The van der Waals surface area contributed by atoms with Crippen LogP contribution in [0.3, 0.4) is 0 Å². The molecule has 6 heteroatoms. The predicted octanol–water partition coefficient (Wildman–Crippen LogP) is 0.120. The summed E-state index contributed by atoms with van der Waals surface area (Å²) in [5.74, 6) is -0.302. The third-order valence-corrected chi connectivity index (χ3v) is 2.95. The number of aliphatic hydroxyl groups excluding tert-OH is 2. The van der Waals surface area contributed by atoms with Crippen molar-refractivity contribution in [2.75, 3.05) is 13.2 Å². The topological polar surface area (TPSA) is 69.6 Å². The smallest absolute Gasteiger partial charge is 0.261 e. The normalized spacial score (nSPS) is 10.6. The van der Waals surface area contributed by atoms with Gasteiger partial charge in [0.25, 0.3) is 5.91 Å². The largest absolute Gasteiger partial charge is 0.394 e. The number of nitrogens with one attached hydrogen (secondary N) is 1. The van der Waals surface area contributed by atoms with Crippen LogP contribution in [0.15, 0.2) is 16.3 Å². The van der Waals surface area contributed by atoms with Crippen LogP contribution in [0.4, 0.5) is 0 Å². The zero-order valence-electron chi connectivity index (χ0n) is 7.30. The molecule has 0 aliphatic heterocycles. The van der Waals surface area contributed by atoms with Crippen LogP contribution < -0.4 is 5.32 Å². The molecule has 0 saturated carbocycles. The van der Waals surface area contributed by atoms with Gasteiger partial charge in [-0.25, -0.2) is 0 Å². The second-order valence-corrected chi connectivity index (χ2v) is 4.13. The molecule has 4 nitrogen and oxygen atoms in total. The van der Waals surface area contributed by atoms with Crippen LogP contribution in [0.1, 0.15) is 9.67 Å². The zero-order chi connectivity index (χ0) is 10.6. The van der Waals surface area contributed by atoms with Crippen molar-refractivity contribution in [2.24, 2.45) is 0 Å². The molecule has 1 aromatic rings. The van der Waals surface area contributed by atoms with E-state index in [1.807, 2.05) is 0 Å². The molecular weight excluding hydrogens is 222 g/mol. The number of thiophene rings is 1. The number of carbonyl (C=O) groups is 1. The molecule has 0 aliphatic rings. The lowest BCUT2D eigenvalue weighted by Gasteiger charge is -2.11. The summed E-state index contributed by atoms with van der Waals surface area (Å²) in [5.41, 5.74) is 0. The fraction of sp³-hybridized carbons (Fsp3) is 0.375. The van der Waals surface area contributed by atoms with Gasteiger partial charge in [0.15, 0.2) is 0 Å². The number of carbonyl (C=O) groups excluding carboxylic acids is 1. The van der Waals surface area contributed by atoms with Crippen LogP contribution >= 0.6 is 24.0 Å². The Bertz CT molecular complexity index is 309. The van der Waals surface area contributed by atoms with Gasteiger partial charge >= 0.3 is 0 Å². The molecule has 3 N–H and O–H groups in total. The highest BCUT2D eigenvalue weighted by atomic mass is 32.1. The van der Waals surface area contributed by atoms with Gasteiger partial charge in [-0.05, 0) is 6.07 Å². The predicted molar refractivity (Wildman–Crippen MR) is 57.0 cm³/mol. The van der Waals surface area contributed by atoms with Crippen LogP contribution in [0.5, 0.6) is 0 Å². The van der Waals surface area contributed by atoms with Gasteiger partial charge in [0.1, 0.15) is 0 Å². The van der Waals surface area contributed by atoms with E-state index in [1.54, 1.807) is 11.4 Å². The van der Waals surface area contributed by atoms with Crippen LogP contribution in [0.25, 0.3) is 0 Å². The molecule has 1 amide bonds. The van der Waals surface area contributed by atoms with Crippen molar-refractivity contribution in [1.82, 2.24) is 5.32 Å². The SMILES string of the molecule is O=C(NC(CO)CO)c1cc(S)cs1. The van der Waals surface area contributed by atoms with E-state index in [2.05, 4.69) is 17.9 Å². The maximum atomic E-state index is 11.4. The minimum absolute atomic E-state index is 0.276. The van der Waals surface area contributed by atoms with Crippen molar-refractivity contribution in [2.45, 2.75) is 10.9 Å². The van der Waals surface area contributed by atoms with Crippen LogP contribution in [0, 0.1) is 0 Å². The zero-order valence-corrected chi connectivity index (χ0v) is 9.02. The van der Waals surface area contributed by atoms with E-state index < -0.39 is 6.04 Å². The van der Waals surface area contributed by atoms with Crippen LogP contribution in [-0.4, -0.2) is 35.4 Å². The summed E-state index contributed by atoms with van der Waals surface area (Å²) in [6.07, 6.45) is 0. The van der Waals surface area contributed by atoms with Crippen molar-refractivity contribution < 1.29 is 15.0 Å². The highest BCUT2D eigenvalue weighted by Gasteiger charge is 2.13. The van der Waals surface area contributed by atoms with Crippen LogP contribution in [-0.2, 0) is 0 Å². The van der Waals surface area contributed by atoms with E-state index in [-0.39, 0.29) is 19.1 Å². The first kappa shape index (κ1) is 11.5. The maximum Gasteiger partial charge on any atom is 0.261 e. The second-order valence-electron chi connectivity index (χ2n) is 2.70. The van der Waals surface area contributed by atoms with Gasteiger partial charge in [-0.1, -0.05) is 0 Å². The minimum atomic E-state index is -0.604. The average molecular weight is 233 g/mol. The fourth-order valence-corrected chi connectivity index (χ4v) is 1.90. The van der Waals surface area contributed by atoms with E-state index in [4.69, 9.17) is 10.2 Å². The van der Waals surface area contributed by atoms with Crippen LogP contribution in [0.2, 0.25) is 0 Å². The maximum absolute atomic E-state index is 11.4. The molecule has 0 atom stereocenters. The highest BCUT2D eigenvalue weighted by Crippen LogP contribution is 2.17. The first-order valence-electron chi connectivity index (χ1n) is 3.97. The van der Waals surface area contributed by atoms with Gasteiger partial charge in [-0.2, -0.15) is 0 Å². The number of amides is 1. The first-order chi connectivity index (χ1) is 6.67.